The molecule has 94 valence electrons. The van der Waals surface area contributed by atoms with Crippen molar-refractivity contribution in [3.8, 4) is 0 Å². The van der Waals surface area contributed by atoms with Gasteiger partial charge in [-0.05, 0) is 31.8 Å². The van der Waals surface area contributed by atoms with Crippen LogP contribution in [0.5, 0.6) is 0 Å². The third-order valence-electron chi connectivity index (χ3n) is 3.46. The van der Waals surface area contributed by atoms with Gasteiger partial charge < -0.3 is 16.0 Å². The van der Waals surface area contributed by atoms with Crippen LogP contribution in [-0.4, -0.2) is 43.0 Å². The molecule has 4 nitrogen and oxygen atoms in total. The highest BCUT2D eigenvalue weighted by atomic mass is 16.2. The van der Waals surface area contributed by atoms with Crippen molar-refractivity contribution in [3.05, 3.63) is 0 Å². The Morgan fingerprint density at radius 1 is 1.50 bits per heavy atom. The minimum absolute atomic E-state index is 0.00333. The van der Waals surface area contributed by atoms with Crippen molar-refractivity contribution < 1.29 is 4.79 Å². The van der Waals surface area contributed by atoms with Crippen molar-refractivity contribution >= 4 is 5.91 Å². The highest BCUT2D eigenvalue weighted by Crippen LogP contribution is 2.15. The zero-order valence-electron chi connectivity index (χ0n) is 10.9. The van der Waals surface area contributed by atoms with Crippen molar-refractivity contribution in [2.45, 2.75) is 39.3 Å². The second-order valence-corrected chi connectivity index (χ2v) is 5.41. The minimum Gasteiger partial charge on any atom is -0.352 e. The van der Waals surface area contributed by atoms with Crippen LogP contribution in [0.25, 0.3) is 0 Å². The Morgan fingerprint density at radius 2 is 2.12 bits per heavy atom. The molecule has 1 amide bonds. The number of hydrogen-bond acceptors (Lipinski definition) is 3. The molecule has 0 saturated carbocycles. The van der Waals surface area contributed by atoms with E-state index >= 15 is 0 Å². The summed E-state index contributed by atoms with van der Waals surface area (Å²) in [5.74, 6) is 0.694. The average Bonchev–Trinajstić information content (AvgIpc) is 2.20. The molecule has 0 aliphatic carbocycles. The van der Waals surface area contributed by atoms with Crippen molar-refractivity contribution in [1.29, 1.82) is 0 Å². The number of carbonyl (C=O) groups is 1. The molecule has 0 radical (unpaired) electrons. The number of rotatable bonds is 3. The van der Waals surface area contributed by atoms with Crippen LogP contribution in [0.15, 0.2) is 0 Å². The van der Waals surface area contributed by atoms with E-state index in [2.05, 4.69) is 24.2 Å². The quantitative estimate of drug-likeness (QED) is 0.735. The van der Waals surface area contributed by atoms with E-state index in [0.29, 0.717) is 5.92 Å². The van der Waals surface area contributed by atoms with E-state index in [1.165, 1.54) is 0 Å². The Labute approximate surface area is 98.6 Å². The van der Waals surface area contributed by atoms with Gasteiger partial charge in [0.1, 0.15) is 0 Å². The van der Waals surface area contributed by atoms with E-state index in [4.69, 9.17) is 5.73 Å². The first-order chi connectivity index (χ1) is 7.41. The molecule has 0 aromatic carbocycles. The first kappa shape index (κ1) is 13.5. The highest BCUT2D eigenvalue weighted by Gasteiger charge is 2.27. The van der Waals surface area contributed by atoms with E-state index in [1.54, 1.807) is 0 Å². The second-order valence-electron chi connectivity index (χ2n) is 5.41. The maximum Gasteiger partial charge on any atom is 0.237 e. The molecule has 0 spiro atoms. The van der Waals surface area contributed by atoms with Crippen LogP contribution in [-0.2, 0) is 4.79 Å². The summed E-state index contributed by atoms with van der Waals surface area (Å²) < 4.78 is 0. The Morgan fingerprint density at radius 3 is 2.62 bits per heavy atom. The van der Waals surface area contributed by atoms with Crippen LogP contribution in [0.2, 0.25) is 0 Å². The van der Waals surface area contributed by atoms with Gasteiger partial charge in [-0.15, -0.1) is 0 Å². The zero-order valence-corrected chi connectivity index (χ0v) is 10.9. The number of nitrogens with zero attached hydrogens (tertiary/aromatic N) is 1. The molecule has 4 heteroatoms. The number of piperidine rings is 1. The number of likely N-dealkylation sites (tertiary alicyclic amines) is 1. The van der Waals surface area contributed by atoms with Gasteiger partial charge in [0.2, 0.25) is 5.91 Å². The molecule has 3 atom stereocenters. The summed E-state index contributed by atoms with van der Waals surface area (Å²) in [6.45, 7) is 8.22. The largest absolute Gasteiger partial charge is 0.352 e. The fourth-order valence-corrected chi connectivity index (χ4v) is 2.15. The molecule has 0 bridgehead atoms. The molecule has 1 fully saturated rings. The Kier molecular flexibility index (Phi) is 4.74. The number of amides is 1. The SMILES string of the molecule is CC1CN(C)CCC1NC(=O)[C@@H](N)C(C)C. The molecular formula is C12H25N3O. The van der Waals surface area contributed by atoms with Gasteiger partial charge in [-0.25, -0.2) is 0 Å². The van der Waals surface area contributed by atoms with Gasteiger partial charge in [0.25, 0.3) is 0 Å². The lowest BCUT2D eigenvalue weighted by Gasteiger charge is -2.35. The predicted molar refractivity (Wildman–Crippen MR) is 66.0 cm³/mol. The van der Waals surface area contributed by atoms with Crippen LogP contribution in [0.3, 0.4) is 0 Å². The fourth-order valence-electron chi connectivity index (χ4n) is 2.15. The lowest BCUT2D eigenvalue weighted by Crippen LogP contribution is -2.53. The third kappa shape index (κ3) is 3.46. The van der Waals surface area contributed by atoms with Gasteiger partial charge in [0, 0.05) is 12.6 Å². The Hall–Kier alpha value is -0.610. The van der Waals surface area contributed by atoms with E-state index in [-0.39, 0.29) is 23.9 Å². The normalized spacial score (nSPS) is 29.1. The summed E-state index contributed by atoms with van der Waals surface area (Å²) in [4.78, 5) is 14.1. The number of nitrogens with one attached hydrogen (secondary N) is 1. The van der Waals surface area contributed by atoms with Crippen LogP contribution in [0.4, 0.5) is 0 Å². The van der Waals surface area contributed by atoms with Gasteiger partial charge in [0.15, 0.2) is 0 Å². The van der Waals surface area contributed by atoms with E-state index < -0.39 is 0 Å². The Balaban J connectivity index is 2.45. The Bertz CT molecular complexity index is 242. The molecule has 0 aromatic rings. The first-order valence-corrected chi connectivity index (χ1v) is 6.16. The van der Waals surface area contributed by atoms with Gasteiger partial charge in [0.05, 0.1) is 6.04 Å². The van der Waals surface area contributed by atoms with Gasteiger partial charge in [-0.1, -0.05) is 20.8 Å². The molecule has 1 saturated heterocycles. The smallest absolute Gasteiger partial charge is 0.237 e. The second kappa shape index (κ2) is 5.64. The molecule has 3 N–H and O–H groups in total. The van der Waals surface area contributed by atoms with Crippen LogP contribution < -0.4 is 11.1 Å². The van der Waals surface area contributed by atoms with E-state index in [1.807, 2.05) is 13.8 Å². The van der Waals surface area contributed by atoms with Crippen molar-refractivity contribution in [3.63, 3.8) is 0 Å². The summed E-state index contributed by atoms with van der Waals surface area (Å²) in [5.41, 5.74) is 5.83. The third-order valence-corrected chi connectivity index (χ3v) is 3.46. The van der Waals surface area contributed by atoms with Crippen molar-refractivity contribution in [2.75, 3.05) is 20.1 Å². The summed E-state index contributed by atoms with van der Waals surface area (Å²) in [6.07, 6.45) is 1.02. The fraction of sp³-hybridized carbons (Fsp3) is 0.917. The zero-order chi connectivity index (χ0) is 12.3. The topological polar surface area (TPSA) is 58.4 Å². The molecule has 1 aliphatic rings. The molecular weight excluding hydrogens is 202 g/mol. The average molecular weight is 227 g/mol. The monoisotopic (exact) mass is 227 g/mol. The van der Waals surface area contributed by atoms with Gasteiger partial charge >= 0.3 is 0 Å². The molecule has 2 unspecified atom stereocenters. The standard InChI is InChI=1S/C12H25N3O/c1-8(2)11(13)12(16)14-10-5-6-15(4)7-9(10)3/h8-11H,5-7,13H2,1-4H3,(H,14,16)/t9?,10?,11-/m0/s1. The van der Waals surface area contributed by atoms with Crippen LogP contribution in [0.1, 0.15) is 27.2 Å². The maximum absolute atomic E-state index is 11.8. The number of hydrogen-bond donors (Lipinski definition) is 2. The lowest BCUT2D eigenvalue weighted by atomic mass is 9.93. The predicted octanol–water partition coefficient (Wildman–Crippen LogP) is 0.426. The van der Waals surface area contributed by atoms with Gasteiger partial charge in [-0.3, -0.25) is 4.79 Å². The molecule has 0 aromatic heterocycles. The lowest BCUT2D eigenvalue weighted by molar-refractivity contribution is -0.124. The van der Waals surface area contributed by atoms with E-state index in [9.17, 15) is 4.79 Å². The summed E-state index contributed by atoms with van der Waals surface area (Å²) in [5, 5.41) is 3.08. The van der Waals surface area contributed by atoms with Crippen molar-refractivity contribution in [1.82, 2.24) is 10.2 Å². The molecule has 16 heavy (non-hydrogen) atoms. The summed E-state index contributed by atoms with van der Waals surface area (Å²) >= 11 is 0. The van der Waals surface area contributed by atoms with Gasteiger partial charge in [-0.2, -0.15) is 0 Å². The summed E-state index contributed by atoms with van der Waals surface area (Å²) in [6, 6.07) is -0.0969. The van der Waals surface area contributed by atoms with Crippen LogP contribution in [0, 0.1) is 11.8 Å². The highest BCUT2D eigenvalue weighted by molar-refractivity contribution is 5.82. The molecule has 1 rings (SSSR count). The number of carbonyl (C=O) groups excluding carboxylic acids is 1. The minimum atomic E-state index is -0.383. The summed E-state index contributed by atoms with van der Waals surface area (Å²) in [7, 11) is 2.12. The van der Waals surface area contributed by atoms with Crippen LogP contribution >= 0.6 is 0 Å². The van der Waals surface area contributed by atoms with E-state index in [0.717, 1.165) is 19.5 Å². The number of nitrogens with two attached hydrogens (primary N) is 1. The molecule has 1 heterocycles. The first-order valence-electron chi connectivity index (χ1n) is 6.16. The van der Waals surface area contributed by atoms with Crippen molar-refractivity contribution in [2.24, 2.45) is 17.6 Å². The maximum atomic E-state index is 11.8. The molecule has 1 aliphatic heterocycles.